The summed E-state index contributed by atoms with van der Waals surface area (Å²) in [5.74, 6) is -1.06. The van der Waals surface area contributed by atoms with E-state index in [4.69, 9.17) is 5.11 Å². The average Bonchev–Trinajstić information content (AvgIpc) is 2.38. The molecule has 2 rings (SSSR count). The lowest BCUT2D eigenvalue weighted by Crippen LogP contribution is -1.97. The van der Waals surface area contributed by atoms with Gasteiger partial charge in [-0.25, -0.2) is 9.78 Å². The minimum absolute atomic E-state index is 0.0249. The fraction of sp³-hybridized carbons (Fsp3) is 0.0769. The van der Waals surface area contributed by atoms with Crippen LogP contribution in [0.15, 0.2) is 46.5 Å². The Labute approximate surface area is 118 Å². The first-order valence-corrected chi connectivity index (χ1v) is 6.41. The lowest BCUT2D eigenvalue weighted by molar-refractivity contribution is -0.387. The van der Waals surface area contributed by atoms with Crippen LogP contribution in [0.5, 0.6) is 0 Å². The quantitative estimate of drug-likeness (QED) is 0.686. The van der Waals surface area contributed by atoms with Gasteiger partial charge in [0.05, 0.1) is 15.4 Å². The number of aromatic carboxylic acids is 1. The molecule has 0 atom stereocenters. The number of carbonyl (C=O) groups is 1. The summed E-state index contributed by atoms with van der Waals surface area (Å²) in [5, 5.41) is 20.3. The summed E-state index contributed by atoms with van der Waals surface area (Å²) in [6.07, 6.45) is 1.37. The zero-order chi connectivity index (χ0) is 14.7. The number of hydrogen-bond acceptors (Lipinski definition) is 5. The van der Waals surface area contributed by atoms with Gasteiger partial charge in [-0.2, -0.15) is 0 Å². The molecule has 0 aliphatic heterocycles. The van der Waals surface area contributed by atoms with Crippen LogP contribution in [0.25, 0.3) is 0 Å². The maximum atomic E-state index is 11.0. The number of aryl methyl sites for hydroxylation is 1. The van der Waals surface area contributed by atoms with Crippen molar-refractivity contribution < 1.29 is 14.8 Å². The zero-order valence-electron chi connectivity index (χ0n) is 10.4. The second kappa shape index (κ2) is 5.70. The summed E-state index contributed by atoms with van der Waals surface area (Å²) in [6, 6.07) is 7.52. The predicted molar refractivity (Wildman–Crippen MR) is 73.2 cm³/mol. The second-order valence-corrected chi connectivity index (χ2v) is 5.08. The molecule has 0 unspecified atom stereocenters. The van der Waals surface area contributed by atoms with Gasteiger partial charge in [-0.15, -0.1) is 0 Å². The highest BCUT2D eigenvalue weighted by atomic mass is 32.2. The Bertz CT molecular complexity index is 688. The molecular formula is C13H10N2O4S. The molecular weight excluding hydrogens is 280 g/mol. The number of rotatable bonds is 4. The monoisotopic (exact) mass is 290 g/mol. The van der Waals surface area contributed by atoms with Gasteiger partial charge in [0, 0.05) is 12.3 Å². The van der Waals surface area contributed by atoms with Crippen LogP contribution in [-0.2, 0) is 0 Å². The van der Waals surface area contributed by atoms with E-state index in [9.17, 15) is 14.9 Å². The van der Waals surface area contributed by atoms with Crippen LogP contribution < -0.4 is 0 Å². The first-order valence-electron chi connectivity index (χ1n) is 5.59. The summed E-state index contributed by atoms with van der Waals surface area (Å²) in [5.41, 5.74) is 0.952. The SMILES string of the molecule is Cc1ccc([N+](=O)[O-])c(Sc2cc(C(=O)O)ccn2)c1. The molecule has 1 heterocycles. The summed E-state index contributed by atoms with van der Waals surface area (Å²) < 4.78 is 0. The van der Waals surface area contributed by atoms with Gasteiger partial charge in [-0.3, -0.25) is 10.1 Å². The van der Waals surface area contributed by atoms with Gasteiger partial charge < -0.3 is 5.11 Å². The molecule has 0 bridgehead atoms. The first-order chi connectivity index (χ1) is 9.47. The normalized spacial score (nSPS) is 10.2. The second-order valence-electron chi connectivity index (χ2n) is 4.02. The van der Waals surface area contributed by atoms with Crippen LogP contribution in [0.4, 0.5) is 5.69 Å². The minimum atomic E-state index is -1.06. The standard InChI is InChI=1S/C13H10N2O4S/c1-8-2-3-10(15(18)19)11(6-8)20-12-7-9(13(16)17)4-5-14-12/h2-7H,1H3,(H,16,17). The molecule has 20 heavy (non-hydrogen) atoms. The lowest BCUT2D eigenvalue weighted by atomic mass is 10.2. The highest BCUT2D eigenvalue weighted by molar-refractivity contribution is 7.99. The molecule has 1 aromatic carbocycles. The third kappa shape index (κ3) is 3.12. The highest BCUT2D eigenvalue weighted by Gasteiger charge is 2.16. The maximum absolute atomic E-state index is 11.0. The van der Waals surface area contributed by atoms with Gasteiger partial charge in [0.25, 0.3) is 5.69 Å². The van der Waals surface area contributed by atoms with Gasteiger partial charge in [0.15, 0.2) is 0 Å². The Morgan fingerprint density at radius 3 is 2.75 bits per heavy atom. The van der Waals surface area contributed by atoms with Crippen LogP contribution >= 0.6 is 11.8 Å². The number of aromatic nitrogens is 1. The van der Waals surface area contributed by atoms with Crippen LogP contribution in [0, 0.1) is 17.0 Å². The molecule has 0 saturated heterocycles. The Kier molecular flexibility index (Phi) is 3.99. The molecule has 1 N–H and O–H groups in total. The fourth-order valence-electron chi connectivity index (χ4n) is 1.56. The Morgan fingerprint density at radius 2 is 2.10 bits per heavy atom. The van der Waals surface area contributed by atoms with E-state index in [1.807, 2.05) is 6.92 Å². The number of hydrogen-bond donors (Lipinski definition) is 1. The Morgan fingerprint density at radius 1 is 1.35 bits per heavy atom. The number of carboxylic acid groups (broad SMARTS) is 1. The van der Waals surface area contributed by atoms with Crippen LogP contribution in [-0.4, -0.2) is 21.0 Å². The zero-order valence-corrected chi connectivity index (χ0v) is 11.3. The first kappa shape index (κ1) is 14.0. The lowest BCUT2D eigenvalue weighted by Gasteiger charge is -2.04. The number of nitro benzene ring substituents is 1. The van der Waals surface area contributed by atoms with E-state index in [0.29, 0.717) is 9.92 Å². The number of pyridine rings is 1. The maximum Gasteiger partial charge on any atom is 0.335 e. The van der Waals surface area contributed by atoms with Crippen molar-refractivity contribution in [3.8, 4) is 0 Å². The summed E-state index contributed by atoms with van der Waals surface area (Å²) in [7, 11) is 0. The molecule has 0 radical (unpaired) electrons. The smallest absolute Gasteiger partial charge is 0.335 e. The highest BCUT2D eigenvalue weighted by Crippen LogP contribution is 2.34. The number of carboxylic acids is 1. The predicted octanol–water partition coefficient (Wildman–Crippen LogP) is 3.15. The number of benzene rings is 1. The Balaban J connectivity index is 2.39. The largest absolute Gasteiger partial charge is 0.478 e. The van der Waals surface area contributed by atoms with Crippen molar-refractivity contribution in [2.24, 2.45) is 0 Å². The third-order valence-corrected chi connectivity index (χ3v) is 3.49. The molecule has 0 aliphatic carbocycles. The van der Waals surface area contributed by atoms with Crippen molar-refractivity contribution in [3.63, 3.8) is 0 Å². The van der Waals surface area contributed by atoms with Crippen molar-refractivity contribution in [2.45, 2.75) is 16.8 Å². The van der Waals surface area contributed by atoms with E-state index in [1.54, 1.807) is 12.1 Å². The van der Waals surface area contributed by atoms with E-state index in [1.165, 1.54) is 24.4 Å². The number of nitrogens with zero attached hydrogens (tertiary/aromatic N) is 2. The van der Waals surface area contributed by atoms with Gasteiger partial charge in [-0.1, -0.05) is 17.8 Å². The summed E-state index contributed by atoms with van der Waals surface area (Å²) in [6.45, 7) is 1.83. The van der Waals surface area contributed by atoms with E-state index < -0.39 is 10.9 Å². The Hall–Kier alpha value is -2.41. The molecule has 0 saturated carbocycles. The van der Waals surface area contributed by atoms with Crippen molar-refractivity contribution in [2.75, 3.05) is 0 Å². The van der Waals surface area contributed by atoms with Gasteiger partial charge in [0.2, 0.25) is 0 Å². The summed E-state index contributed by atoms with van der Waals surface area (Å²) >= 11 is 1.07. The number of nitro groups is 1. The van der Waals surface area contributed by atoms with E-state index in [2.05, 4.69) is 4.98 Å². The molecule has 1 aromatic heterocycles. The molecule has 6 nitrogen and oxygen atoms in total. The van der Waals surface area contributed by atoms with Crippen molar-refractivity contribution in [1.82, 2.24) is 4.98 Å². The van der Waals surface area contributed by atoms with E-state index >= 15 is 0 Å². The van der Waals surface area contributed by atoms with Crippen molar-refractivity contribution in [3.05, 3.63) is 57.8 Å². The molecule has 0 aliphatic rings. The third-order valence-electron chi connectivity index (χ3n) is 2.51. The van der Waals surface area contributed by atoms with Gasteiger partial charge in [0.1, 0.15) is 5.03 Å². The van der Waals surface area contributed by atoms with E-state index in [0.717, 1.165) is 17.3 Å². The topological polar surface area (TPSA) is 93.3 Å². The van der Waals surface area contributed by atoms with Crippen LogP contribution in [0.1, 0.15) is 15.9 Å². The molecule has 7 heteroatoms. The molecule has 0 spiro atoms. The molecule has 0 amide bonds. The fourth-order valence-corrected chi connectivity index (χ4v) is 2.58. The van der Waals surface area contributed by atoms with E-state index in [-0.39, 0.29) is 11.3 Å². The minimum Gasteiger partial charge on any atom is -0.478 e. The van der Waals surface area contributed by atoms with Crippen molar-refractivity contribution >= 4 is 23.4 Å². The van der Waals surface area contributed by atoms with Crippen molar-refractivity contribution in [1.29, 1.82) is 0 Å². The van der Waals surface area contributed by atoms with Gasteiger partial charge in [-0.05, 0) is 30.7 Å². The molecule has 102 valence electrons. The van der Waals surface area contributed by atoms with Crippen LogP contribution in [0.2, 0.25) is 0 Å². The molecule has 2 aromatic rings. The van der Waals surface area contributed by atoms with Gasteiger partial charge >= 0.3 is 5.97 Å². The van der Waals surface area contributed by atoms with Crippen LogP contribution in [0.3, 0.4) is 0 Å². The molecule has 0 fully saturated rings. The summed E-state index contributed by atoms with van der Waals surface area (Å²) in [4.78, 5) is 25.9. The average molecular weight is 290 g/mol.